The van der Waals surface area contributed by atoms with Crippen LogP contribution in [0.3, 0.4) is 0 Å². The van der Waals surface area contributed by atoms with Gasteiger partial charge in [-0.2, -0.15) is 0 Å². The first-order valence-electron chi connectivity index (χ1n) is 13.1. The van der Waals surface area contributed by atoms with E-state index in [0.29, 0.717) is 43.6 Å². The number of rotatable bonds is 9. The van der Waals surface area contributed by atoms with Gasteiger partial charge in [0.2, 0.25) is 0 Å². The Hall–Kier alpha value is -2.52. The summed E-state index contributed by atoms with van der Waals surface area (Å²) in [5, 5.41) is 20.9. The molecule has 1 aromatic heterocycles. The molecule has 0 bridgehead atoms. The molecule has 0 amide bonds. The van der Waals surface area contributed by atoms with Crippen molar-refractivity contribution < 1.29 is 13.5 Å². The molecule has 1 aromatic carbocycles. The van der Waals surface area contributed by atoms with Gasteiger partial charge in [0, 0.05) is 49.4 Å². The number of aliphatic hydroxyl groups is 1. The second kappa shape index (κ2) is 11.7. The Morgan fingerprint density at radius 3 is 2.56 bits per heavy atom. The molecule has 1 aliphatic heterocycles. The molecule has 3 N–H and O–H groups in total. The van der Waals surface area contributed by atoms with Crippen LogP contribution in [0.5, 0.6) is 0 Å². The Bertz CT molecular complexity index is 1140. The number of nitrogens with one attached hydrogen (secondary N) is 2. The van der Waals surface area contributed by atoms with Crippen LogP contribution in [-0.4, -0.2) is 60.4 Å². The Morgan fingerprint density at radius 1 is 1.17 bits per heavy atom. The van der Waals surface area contributed by atoms with Crippen LogP contribution in [0.4, 0.5) is 17.2 Å². The maximum atomic E-state index is 11.9. The maximum absolute atomic E-state index is 11.9. The van der Waals surface area contributed by atoms with Crippen LogP contribution in [-0.2, 0) is 16.3 Å². The SMILES string of the molecule is CC(CCc1nccc(Nc2cccc(N3CCC(S(C)(=O)=O)CC3)c2C=N)n1)C1CCC(O)CC1. The van der Waals surface area contributed by atoms with Crippen molar-refractivity contribution >= 4 is 33.2 Å². The van der Waals surface area contributed by atoms with E-state index in [9.17, 15) is 13.5 Å². The lowest BCUT2D eigenvalue weighted by Gasteiger charge is -2.34. The summed E-state index contributed by atoms with van der Waals surface area (Å²) in [6.45, 7) is 3.60. The van der Waals surface area contributed by atoms with Crippen molar-refractivity contribution in [2.45, 2.75) is 69.6 Å². The minimum atomic E-state index is -3.03. The molecule has 0 radical (unpaired) electrons. The van der Waals surface area contributed by atoms with Gasteiger partial charge in [-0.15, -0.1) is 0 Å². The highest BCUT2D eigenvalue weighted by atomic mass is 32.2. The summed E-state index contributed by atoms with van der Waals surface area (Å²) < 4.78 is 23.9. The third kappa shape index (κ3) is 6.62. The molecule has 0 spiro atoms. The standard InChI is InChI=1S/C27H39N5O3S/c1-19(20-7-9-21(33)10-8-20)6-11-26-29-15-12-27(31-26)30-24-4-3-5-25(23(24)18-28)32-16-13-22(14-17-32)36(2,34)35/h3-5,12,15,18-22,28,33H,6-11,13-14,16-17H2,1-2H3,(H,29,30,31). The number of hydrogen-bond donors (Lipinski definition) is 3. The van der Waals surface area contributed by atoms with Crippen LogP contribution in [0.2, 0.25) is 0 Å². The molecule has 4 rings (SSSR count). The minimum absolute atomic E-state index is 0.122. The Morgan fingerprint density at radius 2 is 1.89 bits per heavy atom. The summed E-state index contributed by atoms with van der Waals surface area (Å²) in [5.41, 5.74) is 2.50. The molecule has 8 nitrogen and oxygen atoms in total. The van der Waals surface area contributed by atoms with Crippen molar-refractivity contribution in [3.05, 3.63) is 41.9 Å². The molecule has 1 atom stereocenters. The predicted molar refractivity (Wildman–Crippen MR) is 145 cm³/mol. The molecule has 196 valence electrons. The average Bonchev–Trinajstić information content (AvgIpc) is 2.87. The van der Waals surface area contributed by atoms with E-state index in [2.05, 4.69) is 22.1 Å². The lowest BCUT2D eigenvalue weighted by molar-refractivity contribution is 0.0921. The number of hydrogen-bond acceptors (Lipinski definition) is 8. The van der Waals surface area contributed by atoms with E-state index in [1.165, 1.54) is 12.5 Å². The summed E-state index contributed by atoms with van der Waals surface area (Å²) >= 11 is 0. The quantitative estimate of drug-likeness (QED) is 0.427. The van der Waals surface area contributed by atoms with Gasteiger partial charge in [-0.25, -0.2) is 18.4 Å². The fourth-order valence-electron chi connectivity index (χ4n) is 5.60. The Balaban J connectivity index is 1.41. The molecular weight excluding hydrogens is 474 g/mol. The molecule has 1 saturated carbocycles. The number of piperidine rings is 1. The van der Waals surface area contributed by atoms with Gasteiger partial charge in [0.1, 0.15) is 21.5 Å². The van der Waals surface area contributed by atoms with Gasteiger partial charge in [-0.3, -0.25) is 0 Å². The van der Waals surface area contributed by atoms with E-state index >= 15 is 0 Å². The zero-order chi connectivity index (χ0) is 25.7. The zero-order valence-corrected chi connectivity index (χ0v) is 22.2. The van der Waals surface area contributed by atoms with Crippen LogP contribution in [0.1, 0.15) is 63.3 Å². The largest absolute Gasteiger partial charge is 0.393 e. The third-order valence-electron chi connectivity index (χ3n) is 7.95. The first-order valence-corrected chi connectivity index (χ1v) is 15.0. The number of aliphatic hydroxyl groups excluding tert-OH is 1. The van der Waals surface area contributed by atoms with Gasteiger partial charge in [0.05, 0.1) is 17.0 Å². The van der Waals surface area contributed by atoms with E-state index < -0.39 is 9.84 Å². The molecule has 1 aliphatic carbocycles. The average molecular weight is 514 g/mol. The smallest absolute Gasteiger partial charge is 0.150 e. The van der Waals surface area contributed by atoms with Crippen LogP contribution in [0.15, 0.2) is 30.5 Å². The van der Waals surface area contributed by atoms with Gasteiger partial charge < -0.3 is 20.7 Å². The van der Waals surface area contributed by atoms with Gasteiger partial charge in [0.25, 0.3) is 0 Å². The molecule has 9 heteroatoms. The molecular formula is C27H39N5O3S. The van der Waals surface area contributed by atoms with Crippen molar-refractivity contribution in [1.82, 2.24) is 9.97 Å². The van der Waals surface area contributed by atoms with Crippen molar-refractivity contribution in [3.8, 4) is 0 Å². The van der Waals surface area contributed by atoms with Crippen LogP contribution >= 0.6 is 0 Å². The van der Waals surface area contributed by atoms with Gasteiger partial charge in [0.15, 0.2) is 0 Å². The van der Waals surface area contributed by atoms with E-state index in [4.69, 9.17) is 10.4 Å². The summed E-state index contributed by atoms with van der Waals surface area (Å²) in [6.07, 6.45) is 11.4. The van der Waals surface area contributed by atoms with Crippen LogP contribution in [0.25, 0.3) is 0 Å². The van der Waals surface area contributed by atoms with E-state index in [-0.39, 0.29) is 11.4 Å². The van der Waals surface area contributed by atoms with Crippen molar-refractivity contribution in [3.63, 3.8) is 0 Å². The summed E-state index contributed by atoms with van der Waals surface area (Å²) in [6, 6.07) is 7.73. The molecule has 1 saturated heterocycles. The zero-order valence-electron chi connectivity index (χ0n) is 21.4. The van der Waals surface area contributed by atoms with Crippen molar-refractivity contribution in [2.75, 3.05) is 29.6 Å². The maximum Gasteiger partial charge on any atom is 0.150 e. The number of anilines is 3. The third-order valence-corrected chi connectivity index (χ3v) is 9.64. The second-order valence-electron chi connectivity index (χ2n) is 10.5. The number of benzene rings is 1. The number of aromatic nitrogens is 2. The van der Waals surface area contributed by atoms with Crippen molar-refractivity contribution in [2.24, 2.45) is 11.8 Å². The number of sulfone groups is 1. The van der Waals surface area contributed by atoms with Gasteiger partial charge in [-0.05, 0) is 75.0 Å². The van der Waals surface area contributed by atoms with Gasteiger partial charge in [-0.1, -0.05) is 13.0 Å². The Kier molecular flexibility index (Phi) is 8.62. The van der Waals surface area contributed by atoms with Gasteiger partial charge >= 0.3 is 0 Å². The molecule has 2 aliphatic rings. The fourth-order valence-corrected chi connectivity index (χ4v) is 6.67. The van der Waals surface area contributed by atoms with Crippen molar-refractivity contribution in [1.29, 1.82) is 5.41 Å². The fraction of sp³-hybridized carbons (Fsp3) is 0.593. The normalized spacial score (nSPS) is 22.2. The highest BCUT2D eigenvalue weighted by molar-refractivity contribution is 7.91. The van der Waals surface area contributed by atoms with E-state index in [0.717, 1.165) is 61.3 Å². The molecule has 1 unspecified atom stereocenters. The summed E-state index contributed by atoms with van der Waals surface area (Å²) in [5.74, 6) is 2.74. The van der Waals surface area contributed by atoms with E-state index in [1.54, 1.807) is 6.20 Å². The minimum Gasteiger partial charge on any atom is -0.393 e. The molecule has 2 fully saturated rings. The number of nitrogens with zero attached hydrogens (tertiary/aromatic N) is 3. The molecule has 2 heterocycles. The lowest BCUT2D eigenvalue weighted by Crippen LogP contribution is -2.39. The first-order chi connectivity index (χ1) is 17.2. The molecule has 36 heavy (non-hydrogen) atoms. The second-order valence-corrected chi connectivity index (χ2v) is 12.8. The highest BCUT2D eigenvalue weighted by Crippen LogP contribution is 2.33. The monoisotopic (exact) mass is 513 g/mol. The first kappa shape index (κ1) is 26.5. The topological polar surface area (TPSA) is 119 Å². The Labute approximate surface area is 215 Å². The van der Waals surface area contributed by atoms with Crippen LogP contribution in [0, 0.1) is 17.2 Å². The van der Waals surface area contributed by atoms with Crippen LogP contribution < -0.4 is 10.2 Å². The van der Waals surface area contributed by atoms with E-state index in [1.807, 2.05) is 24.3 Å². The predicted octanol–water partition coefficient (Wildman–Crippen LogP) is 4.35. The highest BCUT2D eigenvalue weighted by Gasteiger charge is 2.28. The lowest BCUT2D eigenvalue weighted by atomic mass is 9.78. The summed E-state index contributed by atoms with van der Waals surface area (Å²) in [4.78, 5) is 11.4. The number of aryl methyl sites for hydroxylation is 1. The molecule has 2 aromatic rings. The summed E-state index contributed by atoms with van der Waals surface area (Å²) in [7, 11) is -3.03.